The van der Waals surface area contributed by atoms with Crippen molar-refractivity contribution in [2.45, 2.75) is 19.8 Å². The highest BCUT2D eigenvalue weighted by molar-refractivity contribution is 5.72. The first-order valence-electron chi connectivity index (χ1n) is 4.62. The average molecular weight is 233 g/mol. The summed E-state index contributed by atoms with van der Waals surface area (Å²) in [6.45, 7) is 1.85. The van der Waals surface area contributed by atoms with E-state index in [9.17, 15) is 18.0 Å². The van der Waals surface area contributed by atoms with E-state index in [1.54, 1.807) is 6.92 Å². The van der Waals surface area contributed by atoms with Gasteiger partial charge >= 0.3 is 5.97 Å². The molecule has 16 heavy (non-hydrogen) atoms. The molecule has 0 N–H and O–H groups in total. The Bertz CT molecular complexity index is 382. The van der Waals surface area contributed by atoms with Crippen LogP contribution in [0.4, 0.5) is 13.2 Å². The minimum Gasteiger partial charge on any atom is -0.466 e. The van der Waals surface area contributed by atoms with Gasteiger partial charge in [-0.2, -0.15) is 0 Å². The third-order valence-corrected chi connectivity index (χ3v) is 1.79. The molecule has 6 heteroatoms. The van der Waals surface area contributed by atoms with Crippen LogP contribution in [0.15, 0.2) is 12.3 Å². The largest absolute Gasteiger partial charge is 0.466 e. The van der Waals surface area contributed by atoms with Crippen LogP contribution >= 0.6 is 0 Å². The highest BCUT2D eigenvalue weighted by Gasteiger charge is 2.16. The SMILES string of the molecule is CCOC(=O)Cc1cnc(C(F)F)c(F)c1. The van der Waals surface area contributed by atoms with E-state index < -0.39 is 23.9 Å². The average Bonchev–Trinajstić information content (AvgIpc) is 2.17. The summed E-state index contributed by atoms with van der Waals surface area (Å²) in [4.78, 5) is 14.3. The number of halogens is 3. The van der Waals surface area contributed by atoms with Crippen molar-refractivity contribution in [2.24, 2.45) is 0 Å². The summed E-state index contributed by atoms with van der Waals surface area (Å²) >= 11 is 0. The summed E-state index contributed by atoms with van der Waals surface area (Å²) in [5.74, 6) is -1.66. The summed E-state index contributed by atoms with van der Waals surface area (Å²) < 4.78 is 42.0. The van der Waals surface area contributed by atoms with E-state index >= 15 is 0 Å². The molecule has 1 aromatic heterocycles. The summed E-state index contributed by atoms with van der Waals surface area (Å²) in [5, 5.41) is 0. The predicted octanol–water partition coefficient (Wildman–Crippen LogP) is 2.26. The topological polar surface area (TPSA) is 39.2 Å². The molecule has 0 saturated carbocycles. The second-order valence-corrected chi connectivity index (χ2v) is 2.99. The number of hydrogen-bond donors (Lipinski definition) is 0. The van der Waals surface area contributed by atoms with Gasteiger partial charge in [-0.3, -0.25) is 9.78 Å². The zero-order chi connectivity index (χ0) is 12.1. The Morgan fingerprint density at radius 3 is 2.75 bits per heavy atom. The van der Waals surface area contributed by atoms with E-state index in [2.05, 4.69) is 9.72 Å². The molecule has 1 aromatic rings. The van der Waals surface area contributed by atoms with Crippen molar-refractivity contribution < 1.29 is 22.7 Å². The van der Waals surface area contributed by atoms with Crippen molar-refractivity contribution >= 4 is 5.97 Å². The molecule has 0 aliphatic carbocycles. The van der Waals surface area contributed by atoms with Crippen molar-refractivity contribution in [3.63, 3.8) is 0 Å². The van der Waals surface area contributed by atoms with E-state index in [1.165, 1.54) is 0 Å². The van der Waals surface area contributed by atoms with Gasteiger partial charge in [-0.05, 0) is 18.6 Å². The highest BCUT2D eigenvalue weighted by atomic mass is 19.3. The minimum absolute atomic E-state index is 0.179. The van der Waals surface area contributed by atoms with E-state index in [1.807, 2.05) is 0 Å². The highest BCUT2D eigenvalue weighted by Crippen LogP contribution is 2.20. The summed E-state index contributed by atoms with van der Waals surface area (Å²) in [6.07, 6.45) is -2.10. The number of pyridine rings is 1. The lowest BCUT2D eigenvalue weighted by Gasteiger charge is -2.04. The van der Waals surface area contributed by atoms with Crippen molar-refractivity contribution in [1.82, 2.24) is 4.98 Å². The Kier molecular flexibility index (Phi) is 4.28. The fourth-order valence-corrected chi connectivity index (χ4v) is 1.12. The Balaban J connectivity index is 2.77. The lowest BCUT2D eigenvalue weighted by atomic mass is 10.2. The predicted molar refractivity (Wildman–Crippen MR) is 49.5 cm³/mol. The molecule has 0 aliphatic rings. The molecule has 0 amide bonds. The third kappa shape index (κ3) is 3.22. The summed E-state index contributed by atoms with van der Waals surface area (Å²) in [5.41, 5.74) is -0.701. The second kappa shape index (κ2) is 5.48. The molecule has 1 heterocycles. The molecule has 0 spiro atoms. The molecule has 0 radical (unpaired) electrons. The molecular weight excluding hydrogens is 223 g/mol. The number of carbonyl (C=O) groups excluding carboxylic acids is 1. The number of alkyl halides is 2. The molecule has 88 valence electrons. The summed E-state index contributed by atoms with van der Waals surface area (Å²) in [7, 11) is 0. The van der Waals surface area contributed by atoms with Gasteiger partial charge in [-0.25, -0.2) is 13.2 Å². The van der Waals surface area contributed by atoms with Gasteiger partial charge in [-0.1, -0.05) is 0 Å². The maximum atomic E-state index is 13.0. The van der Waals surface area contributed by atoms with Crippen molar-refractivity contribution in [3.8, 4) is 0 Å². The normalized spacial score (nSPS) is 10.6. The van der Waals surface area contributed by atoms with Crippen LogP contribution in [0.25, 0.3) is 0 Å². The van der Waals surface area contributed by atoms with Gasteiger partial charge in [0.1, 0.15) is 5.69 Å². The van der Waals surface area contributed by atoms with Crippen molar-refractivity contribution in [3.05, 3.63) is 29.3 Å². The molecule has 0 aliphatic heterocycles. The number of ether oxygens (including phenoxy) is 1. The Hall–Kier alpha value is -1.59. The lowest BCUT2D eigenvalue weighted by molar-refractivity contribution is -0.142. The van der Waals surface area contributed by atoms with E-state index in [0.29, 0.717) is 0 Å². The van der Waals surface area contributed by atoms with Gasteiger partial charge in [0, 0.05) is 6.20 Å². The van der Waals surface area contributed by atoms with Gasteiger partial charge in [0.05, 0.1) is 13.0 Å². The first kappa shape index (κ1) is 12.5. The van der Waals surface area contributed by atoms with Crippen LogP contribution in [0.2, 0.25) is 0 Å². The van der Waals surface area contributed by atoms with E-state index in [0.717, 1.165) is 12.3 Å². The number of carbonyl (C=O) groups is 1. The fraction of sp³-hybridized carbons (Fsp3) is 0.400. The van der Waals surface area contributed by atoms with Crippen LogP contribution in [0.1, 0.15) is 24.6 Å². The monoisotopic (exact) mass is 233 g/mol. The molecule has 1 rings (SSSR count). The van der Waals surface area contributed by atoms with Crippen LogP contribution < -0.4 is 0 Å². The van der Waals surface area contributed by atoms with Crippen molar-refractivity contribution in [1.29, 1.82) is 0 Å². The van der Waals surface area contributed by atoms with Gasteiger partial charge in [0.2, 0.25) is 0 Å². The van der Waals surface area contributed by atoms with Gasteiger partial charge in [0.25, 0.3) is 6.43 Å². The van der Waals surface area contributed by atoms with Gasteiger partial charge < -0.3 is 4.74 Å². The molecule has 0 aromatic carbocycles. The molecule has 3 nitrogen and oxygen atoms in total. The molecule has 0 bridgehead atoms. The number of hydrogen-bond acceptors (Lipinski definition) is 3. The van der Waals surface area contributed by atoms with E-state index in [4.69, 9.17) is 0 Å². The van der Waals surface area contributed by atoms with Crippen LogP contribution in [-0.4, -0.2) is 17.6 Å². The molecule has 0 atom stereocenters. The zero-order valence-corrected chi connectivity index (χ0v) is 8.54. The second-order valence-electron chi connectivity index (χ2n) is 2.99. The Labute approximate surface area is 90.2 Å². The lowest BCUT2D eigenvalue weighted by Crippen LogP contribution is -2.08. The zero-order valence-electron chi connectivity index (χ0n) is 8.54. The Morgan fingerprint density at radius 2 is 2.25 bits per heavy atom. The molecule has 0 fully saturated rings. The molecular formula is C10H10F3NO2. The summed E-state index contributed by atoms with van der Waals surface area (Å²) in [6, 6.07) is 0.866. The van der Waals surface area contributed by atoms with Crippen LogP contribution in [0.5, 0.6) is 0 Å². The first-order chi connectivity index (χ1) is 7.54. The fourth-order valence-electron chi connectivity index (χ4n) is 1.12. The maximum absolute atomic E-state index is 13.0. The molecule has 0 unspecified atom stereocenters. The number of rotatable bonds is 4. The van der Waals surface area contributed by atoms with E-state index in [-0.39, 0.29) is 18.6 Å². The maximum Gasteiger partial charge on any atom is 0.310 e. The molecule has 0 saturated heterocycles. The smallest absolute Gasteiger partial charge is 0.310 e. The van der Waals surface area contributed by atoms with Gasteiger partial charge in [0.15, 0.2) is 5.82 Å². The number of nitrogens with zero attached hydrogens (tertiary/aromatic N) is 1. The standard InChI is InChI=1S/C10H10F3NO2/c1-2-16-8(15)4-6-3-7(11)9(10(12)13)14-5-6/h3,5,10H,2,4H2,1H3. The van der Waals surface area contributed by atoms with Crippen LogP contribution in [0, 0.1) is 5.82 Å². The number of aromatic nitrogens is 1. The van der Waals surface area contributed by atoms with Crippen LogP contribution in [0.3, 0.4) is 0 Å². The quantitative estimate of drug-likeness (QED) is 0.749. The number of esters is 1. The Morgan fingerprint density at radius 1 is 1.56 bits per heavy atom. The van der Waals surface area contributed by atoms with Crippen molar-refractivity contribution in [2.75, 3.05) is 6.61 Å². The van der Waals surface area contributed by atoms with Crippen LogP contribution in [-0.2, 0) is 16.0 Å². The first-order valence-corrected chi connectivity index (χ1v) is 4.62. The minimum atomic E-state index is -2.96. The third-order valence-electron chi connectivity index (χ3n) is 1.79. The van der Waals surface area contributed by atoms with Gasteiger partial charge in [-0.15, -0.1) is 0 Å².